The summed E-state index contributed by atoms with van der Waals surface area (Å²) in [6.07, 6.45) is 7.77. The second-order valence-electron chi connectivity index (χ2n) is 7.00. The van der Waals surface area contributed by atoms with Gasteiger partial charge in [-0.05, 0) is 42.9 Å². The number of aliphatic carboxylic acids is 1. The van der Waals surface area contributed by atoms with E-state index in [0.29, 0.717) is 0 Å². The Bertz CT molecular complexity index is 861. The molecule has 2 aliphatic carbocycles. The molecule has 7 heteroatoms. The fourth-order valence-electron chi connectivity index (χ4n) is 4.19. The maximum absolute atomic E-state index is 12.8. The van der Waals surface area contributed by atoms with Crippen molar-refractivity contribution in [2.45, 2.75) is 19.4 Å². The number of nitrogens with zero attached hydrogens (tertiary/aromatic N) is 3. The lowest BCUT2D eigenvalue weighted by atomic mass is 9.82. The Morgan fingerprint density at radius 2 is 2.04 bits per heavy atom. The molecule has 1 aromatic heterocycles. The Kier molecular flexibility index (Phi) is 4.06. The molecule has 2 bridgehead atoms. The maximum Gasteiger partial charge on any atom is 0.307 e. The van der Waals surface area contributed by atoms with Gasteiger partial charge in [0, 0.05) is 0 Å². The summed E-state index contributed by atoms with van der Waals surface area (Å²) in [4.78, 5) is 28.4. The standard InChI is InChI=1S/C19H20N4O3/c1-11(12-3-2-4-15(8-12)23-10-20-9-21-23)22-18(24)16-13-5-6-14(7-13)17(16)19(25)26/h2-6,8-11,13-14,16-17H,7H2,1H3,(H,22,24)(H,25,26)/t11-,13-,14-,16-,17+/m0/s1. The maximum atomic E-state index is 12.8. The first-order valence-electron chi connectivity index (χ1n) is 8.71. The van der Waals surface area contributed by atoms with Gasteiger partial charge in [0.25, 0.3) is 0 Å². The number of nitrogens with one attached hydrogen (secondary N) is 1. The molecule has 4 rings (SSSR count). The molecule has 2 aliphatic rings. The van der Waals surface area contributed by atoms with Crippen molar-refractivity contribution in [3.63, 3.8) is 0 Å². The predicted octanol–water partition coefficient (Wildman–Crippen LogP) is 1.97. The minimum atomic E-state index is -0.886. The van der Waals surface area contributed by atoms with Crippen molar-refractivity contribution in [2.24, 2.45) is 23.7 Å². The Hall–Kier alpha value is -2.96. The molecular weight excluding hydrogens is 332 g/mol. The molecule has 7 nitrogen and oxygen atoms in total. The molecule has 1 amide bonds. The number of hydrogen-bond donors (Lipinski definition) is 2. The molecule has 1 saturated carbocycles. The van der Waals surface area contributed by atoms with Gasteiger partial charge in [-0.15, -0.1) is 0 Å². The monoisotopic (exact) mass is 352 g/mol. The third-order valence-corrected chi connectivity index (χ3v) is 5.46. The van der Waals surface area contributed by atoms with E-state index in [9.17, 15) is 14.7 Å². The molecule has 0 spiro atoms. The van der Waals surface area contributed by atoms with Crippen molar-refractivity contribution in [2.75, 3.05) is 0 Å². The zero-order chi connectivity index (χ0) is 18.3. The summed E-state index contributed by atoms with van der Waals surface area (Å²) in [5.41, 5.74) is 1.78. The number of carbonyl (C=O) groups is 2. The highest BCUT2D eigenvalue weighted by molar-refractivity contribution is 5.87. The second kappa shape index (κ2) is 6.40. The van der Waals surface area contributed by atoms with Gasteiger partial charge in [-0.1, -0.05) is 24.3 Å². The highest BCUT2D eigenvalue weighted by Gasteiger charge is 2.51. The van der Waals surface area contributed by atoms with Crippen LogP contribution < -0.4 is 5.32 Å². The van der Waals surface area contributed by atoms with Crippen LogP contribution in [-0.4, -0.2) is 31.7 Å². The van der Waals surface area contributed by atoms with Gasteiger partial charge in [0.2, 0.25) is 5.91 Å². The van der Waals surface area contributed by atoms with Gasteiger partial charge in [-0.25, -0.2) is 9.67 Å². The summed E-state index contributed by atoms with van der Waals surface area (Å²) in [7, 11) is 0. The second-order valence-corrected chi connectivity index (χ2v) is 7.00. The molecule has 2 N–H and O–H groups in total. The molecule has 134 valence electrons. The minimum absolute atomic E-state index is 0.0229. The summed E-state index contributed by atoms with van der Waals surface area (Å²) >= 11 is 0. The van der Waals surface area contributed by atoms with Crippen molar-refractivity contribution < 1.29 is 14.7 Å². The number of benzene rings is 1. The van der Waals surface area contributed by atoms with E-state index in [1.165, 1.54) is 6.33 Å². The van der Waals surface area contributed by atoms with Gasteiger partial charge in [-0.2, -0.15) is 5.10 Å². The van der Waals surface area contributed by atoms with Gasteiger partial charge in [0.1, 0.15) is 12.7 Å². The van der Waals surface area contributed by atoms with E-state index in [4.69, 9.17) is 0 Å². The van der Waals surface area contributed by atoms with Crippen molar-refractivity contribution in [1.82, 2.24) is 20.1 Å². The van der Waals surface area contributed by atoms with Gasteiger partial charge >= 0.3 is 5.97 Å². The van der Waals surface area contributed by atoms with Gasteiger partial charge < -0.3 is 10.4 Å². The largest absolute Gasteiger partial charge is 0.481 e. The highest BCUT2D eigenvalue weighted by atomic mass is 16.4. The number of carboxylic acids is 1. The summed E-state index contributed by atoms with van der Waals surface area (Å²) in [6, 6.07) is 7.45. The molecule has 1 aromatic carbocycles. The molecule has 26 heavy (non-hydrogen) atoms. The molecule has 5 atom stereocenters. The Morgan fingerprint density at radius 1 is 1.27 bits per heavy atom. The van der Waals surface area contributed by atoms with Gasteiger partial charge in [0.05, 0.1) is 23.6 Å². The topological polar surface area (TPSA) is 97.1 Å². The van der Waals surface area contributed by atoms with Crippen LogP contribution in [0, 0.1) is 23.7 Å². The zero-order valence-corrected chi connectivity index (χ0v) is 14.3. The van der Waals surface area contributed by atoms with Crippen LogP contribution in [0.25, 0.3) is 5.69 Å². The van der Waals surface area contributed by atoms with Crippen LogP contribution in [0.5, 0.6) is 0 Å². The average Bonchev–Trinajstić information content (AvgIpc) is 3.37. The number of rotatable bonds is 5. The molecule has 1 heterocycles. The Labute approximate surface area is 150 Å². The van der Waals surface area contributed by atoms with E-state index in [1.54, 1.807) is 11.0 Å². The van der Waals surface area contributed by atoms with Crippen molar-refractivity contribution in [3.8, 4) is 5.69 Å². The lowest BCUT2D eigenvalue weighted by Gasteiger charge is -2.26. The normalized spacial score (nSPS) is 27.4. The van der Waals surface area contributed by atoms with Crippen LogP contribution in [0.2, 0.25) is 0 Å². The first-order chi connectivity index (χ1) is 12.5. The summed E-state index contributed by atoms with van der Waals surface area (Å²) in [5, 5.41) is 16.6. The lowest BCUT2D eigenvalue weighted by Crippen LogP contribution is -2.41. The first kappa shape index (κ1) is 16.5. The smallest absolute Gasteiger partial charge is 0.307 e. The van der Waals surface area contributed by atoms with E-state index in [2.05, 4.69) is 15.4 Å². The van der Waals surface area contributed by atoms with Crippen LogP contribution in [-0.2, 0) is 9.59 Å². The third-order valence-electron chi connectivity index (χ3n) is 5.46. The molecule has 1 fully saturated rings. The van der Waals surface area contributed by atoms with Gasteiger partial charge in [0.15, 0.2) is 0 Å². The number of allylic oxidation sites excluding steroid dienone is 2. The van der Waals surface area contributed by atoms with E-state index in [0.717, 1.165) is 17.7 Å². The average molecular weight is 352 g/mol. The summed E-state index contributed by atoms with van der Waals surface area (Å²) in [6.45, 7) is 1.90. The van der Waals surface area contributed by atoms with Crippen LogP contribution in [0.3, 0.4) is 0 Å². The molecule has 2 aromatic rings. The van der Waals surface area contributed by atoms with Crippen molar-refractivity contribution in [3.05, 3.63) is 54.6 Å². The first-order valence-corrected chi connectivity index (χ1v) is 8.71. The quantitative estimate of drug-likeness (QED) is 0.802. The zero-order valence-electron chi connectivity index (χ0n) is 14.3. The molecule has 0 aliphatic heterocycles. The van der Waals surface area contributed by atoms with Crippen molar-refractivity contribution in [1.29, 1.82) is 0 Å². The number of hydrogen-bond acceptors (Lipinski definition) is 4. The molecular formula is C19H20N4O3. The number of carbonyl (C=O) groups excluding carboxylic acids is 1. The minimum Gasteiger partial charge on any atom is -0.481 e. The SMILES string of the molecule is C[C@H](NC(=O)[C@@H]1[C@H](C(=O)O)[C@H]2C=C[C@H]1C2)c1cccc(-n2cncn2)c1. The van der Waals surface area contributed by atoms with E-state index >= 15 is 0 Å². The van der Waals surface area contributed by atoms with E-state index in [-0.39, 0.29) is 23.8 Å². The Balaban J connectivity index is 1.51. The van der Waals surface area contributed by atoms with E-state index < -0.39 is 17.8 Å². The number of amides is 1. The predicted molar refractivity (Wildman–Crippen MR) is 93.3 cm³/mol. The lowest BCUT2D eigenvalue weighted by molar-refractivity contribution is -0.148. The van der Waals surface area contributed by atoms with E-state index in [1.807, 2.05) is 43.3 Å². The fraction of sp³-hybridized carbons (Fsp3) is 0.368. The number of carboxylic acid groups (broad SMARTS) is 1. The number of aromatic nitrogens is 3. The fourth-order valence-corrected chi connectivity index (χ4v) is 4.19. The summed E-state index contributed by atoms with van der Waals surface area (Å²) < 4.78 is 1.65. The molecule has 0 radical (unpaired) electrons. The molecule has 0 saturated heterocycles. The van der Waals surface area contributed by atoms with Gasteiger partial charge in [-0.3, -0.25) is 9.59 Å². The summed E-state index contributed by atoms with van der Waals surface area (Å²) in [5.74, 6) is -2.20. The Morgan fingerprint density at radius 3 is 2.73 bits per heavy atom. The van der Waals surface area contributed by atoms with Crippen molar-refractivity contribution >= 4 is 11.9 Å². The third kappa shape index (κ3) is 2.79. The highest BCUT2D eigenvalue weighted by Crippen LogP contribution is 2.48. The number of fused-ring (bicyclic) bond motifs is 2. The van der Waals surface area contributed by atoms with Crippen LogP contribution >= 0.6 is 0 Å². The van der Waals surface area contributed by atoms with Crippen LogP contribution in [0.15, 0.2) is 49.1 Å². The van der Waals surface area contributed by atoms with Crippen LogP contribution in [0.4, 0.5) is 0 Å². The van der Waals surface area contributed by atoms with Crippen LogP contribution in [0.1, 0.15) is 24.9 Å². The molecule has 0 unspecified atom stereocenters.